The Morgan fingerprint density at radius 1 is 0.933 bits per heavy atom. The summed E-state index contributed by atoms with van der Waals surface area (Å²) in [5, 5.41) is 15.6. The highest BCUT2D eigenvalue weighted by molar-refractivity contribution is 7.99. The topological polar surface area (TPSA) is 77.8 Å². The van der Waals surface area contributed by atoms with Gasteiger partial charge in [-0.1, -0.05) is 48.2 Å². The van der Waals surface area contributed by atoms with Crippen molar-refractivity contribution in [3.05, 3.63) is 71.8 Å². The molecule has 2 aliphatic rings. The normalized spacial score (nSPS) is 19.2. The standard InChI is InChI=1S/C20H23NS.C4H4O4/c1-21-12-10-15(11-13-21)18-14-16-6-2-4-8-19(16)22-20-9-5-3-7-17(18)20;5-3(6)1-2-4(7)8/h2-9,15,18H,10-14H2,1H3;1-2H,(H,5,6)(H,7,8)/b;2-1-. The fraction of sp³-hybridized carbons (Fsp3) is 0.333. The number of rotatable bonds is 3. The first-order valence-electron chi connectivity index (χ1n) is 10.1. The van der Waals surface area contributed by atoms with Gasteiger partial charge >= 0.3 is 11.9 Å². The minimum absolute atomic E-state index is 0.558. The van der Waals surface area contributed by atoms with Crippen LogP contribution in [0.4, 0.5) is 0 Å². The summed E-state index contributed by atoms with van der Waals surface area (Å²) in [6.45, 7) is 2.50. The van der Waals surface area contributed by atoms with Crippen molar-refractivity contribution in [1.82, 2.24) is 4.90 Å². The summed E-state index contributed by atoms with van der Waals surface area (Å²) < 4.78 is 0. The van der Waals surface area contributed by atoms with E-state index in [9.17, 15) is 9.59 Å². The van der Waals surface area contributed by atoms with Crippen molar-refractivity contribution >= 4 is 23.7 Å². The van der Waals surface area contributed by atoms with Crippen molar-refractivity contribution in [2.75, 3.05) is 20.1 Å². The zero-order valence-electron chi connectivity index (χ0n) is 17.0. The van der Waals surface area contributed by atoms with Gasteiger partial charge in [-0.2, -0.15) is 0 Å². The molecule has 158 valence electrons. The second kappa shape index (κ2) is 10.5. The van der Waals surface area contributed by atoms with E-state index >= 15 is 0 Å². The zero-order chi connectivity index (χ0) is 21.5. The van der Waals surface area contributed by atoms with Crippen LogP contribution in [0, 0.1) is 5.92 Å². The average molecular weight is 426 g/mol. The molecule has 2 aromatic rings. The molecule has 4 rings (SSSR count). The summed E-state index contributed by atoms with van der Waals surface area (Å²) in [6.07, 6.45) is 4.99. The molecule has 0 saturated carbocycles. The number of nitrogens with zero attached hydrogens (tertiary/aromatic N) is 1. The number of hydrogen-bond donors (Lipinski definition) is 2. The van der Waals surface area contributed by atoms with Crippen LogP contribution in [0.3, 0.4) is 0 Å². The first-order valence-corrected chi connectivity index (χ1v) is 10.9. The maximum atomic E-state index is 9.55. The van der Waals surface area contributed by atoms with E-state index in [0.717, 1.165) is 5.92 Å². The highest BCUT2D eigenvalue weighted by atomic mass is 32.2. The molecule has 1 saturated heterocycles. The predicted molar refractivity (Wildman–Crippen MR) is 118 cm³/mol. The van der Waals surface area contributed by atoms with Crippen molar-refractivity contribution in [3.63, 3.8) is 0 Å². The van der Waals surface area contributed by atoms with E-state index in [1.165, 1.54) is 47.7 Å². The number of piperidine rings is 1. The average Bonchev–Trinajstić information content (AvgIpc) is 2.90. The Bertz CT molecular complexity index is 903. The largest absolute Gasteiger partial charge is 0.478 e. The maximum Gasteiger partial charge on any atom is 0.328 e. The molecule has 2 N–H and O–H groups in total. The Labute approximate surface area is 181 Å². The third-order valence-electron chi connectivity index (χ3n) is 5.65. The number of carboxylic acids is 2. The van der Waals surface area contributed by atoms with Crippen molar-refractivity contribution in [2.45, 2.75) is 35.0 Å². The smallest absolute Gasteiger partial charge is 0.328 e. The van der Waals surface area contributed by atoms with Crippen molar-refractivity contribution in [1.29, 1.82) is 0 Å². The third-order valence-corrected chi connectivity index (χ3v) is 6.86. The molecule has 2 aromatic carbocycles. The first kappa shape index (κ1) is 22.1. The van der Waals surface area contributed by atoms with Crippen LogP contribution in [-0.4, -0.2) is 47.2 Å². The second-order valence-corrected chi connectivity index (χ2v) is 8.79. The maximum absolute atomic E-state index is 9.55. The molecule has 2 heterocycles. The van der Waals surface area contributed by atoms with E-state index in [-0.39, 0.29) is 0 Å². The molecule has 0 aromatic heterocycles. The van der Waals surface area contributed by atoms with Gasteiger partial charge in [0.15, 0.2) is 0 Å². The molecule has 0 aliphatic carbocycles. The van der Waals surface area contributed by atoms with Gasteiger partial charge in [0.25, 0.3) is 0 Å². The van der Waals surface area contributed by atoms with E-state index < -0.39 is 11.9 Å². The van der Waals surface area contributed by atoms with Crippen molar-refractivity contribution in [3.8, 4) is 0 Å². The molecule has 30 heavy (non-hydrogen) atoms. The summed E-state index contributed by atoms with van der Waals surface area (Å²) in [4.78, 5) is 24.5. The van der Waals surface area contributed by atoms with Crippen LogP contribution in [-0.2, 0) is 16.0 Å². The molecular weight excluding hydrogens is 398 g/mol. The molecule has 0 spiro atoms. The van der Waals surface area contributed by atoms with Crippen molar-refractivity contribution < 1.29 is 19.8 Å². The number of aliphatic carboxylic acids is 2. The summed E-state index contributed by atoms with van der Waals surface area (Å²) in [7, 11) is 2.25. The van der Waals surface area contributed by atoms with Gasteiger partial charge < -0.3 is 15.1 Å². The minimum atomic E-state index is -1.26. The van der Waals surface area contributed by atoms with Crippen LogP contribution in [0.2, 0.25) is 0 Å². The zero-order valence-corrected chi connectivity index (χ0v) is 17.8. The lowest BCUT2D eigenvalue weighted by Gasteiger charge is -2.34. The molecule has 0 bridgehead atoms. The Kier molecular flexibility index (Phi) is 7.71. The number of carboxylic acid groups (broad SMARTS) is 2. The Morgan fingerprint density at radius 3 is 2.13 bits per heavy atom. The monoisotopic (exact) mass is 425 g/mol. The van der Waals surface area contributed by atoms with Crippen molar-refractivity contribution in [2.24, 2.45) is 5.92 Å². The van der Waals surface area contributed by atoms with Gasteiger partial charge in [0, 0.05) is 21.9 Å². The number of likely N-dealkylation sites (tertiary alicyclic amines) is 1. The lowest BCUT2D eigenvalue weighted by atomic mass is 9.77. The molecule has 0 amide bonds. The fourth-order valence-corrected chi connectivity index (χ4v) is 5.26. The molecule has 1 fully saturated rings. The fourth-order valence-electron chi connectivity index (χ4n) is 4.11. The third kappa shape index (κ3) is 5.97. The molecule has 6 heteroatoms. The Balaban J connectivity index is 0.000000275. The number of hydrogen-bond acceptors (Lipinski definition) is 4. The van der Waals surface area contributed by atoms with E-state index in [2.05, 4.69) is 60.5 Å². The second-order valence-electron chi connectivity index (χ2n) is 7.71. The van der Waals surface area contributed by atoms with E-state index in [0.29, 0.717) is 18.1 Å². The summed E-state index contributed by atoms with van der Waals surface area (Å²) in [5.41, 5.74) is 3.12. The van der Waals surface area contributed by atoms with Gasteiger partial charge in [-0.25, -0.2) is 9.59 Å². The summed E-state index contributed by atoms with van der Waals surface area (Å²) >= 11 is 1.96. The molecule has 1 atom stereocenters. The van der Waals surface area contributed by atoms with Crippen LogP contribution in [0.15, 0.2) is 70.5 Å². The molecule has 0 radical (unpaired) electrons. The van der Waals surface area contributed by atoms with Gasteiger partial charge in [0.1, 0.15) is 0 Å². The van der Waals surface area contributed by atoms with Crippen LogP contribution in [0.25, 0.3) is 0 Å². The Morgan fingerprint density at radius 2 is 1.50 bits per heavy atom. The number of carbonyl (C=O) groups is 2. The lowest BCUT2D eigenvalue weighted by molar-refractivity contribution is -0.134. The van der Waals surface area contributed by atoms with E-state index in [1.54, 1.807) is 5.56 Å². The van der Waals surface area contributed by atoms with Crippen LogP contribution < -0.4 is 0 Å². The SMILES string of the molecule is CN1CCC(C2Cc3ccccc3Sc3ccccc32)CC1.O=C(O)/C=C\C(=O)O. The highest BCUT2D eigenvalue weighted by Crippen LogP contribution is 2.45. The predicted octanol–water partition coefficient (Wildman–Crippen LogP) is 4.53. The van der Waals surface area contributed by atoms with Gasteiger partial charge in [-0.05, 0) is 74.5 Å². The minimum Gasteiger partial charge on any atom is -0.478 e. The van der Waals surface area contributed by atoms with Crippen LogP contribution >= 0.6 is 11.8 Å². The van der Waals surface area contributed by atoms with Crippen LogP contribution in [0.1, 0.15) is 29.9 Å². The number of fused-ring (bicyclic) bond motifs is 2. The van der Waals surface area contributed by atoms with Gasteiger partial charge in [-0.15, -0.1) is 0 Å². The van der Waals surface area contributed by atoms with E-state index in [1.807, 2.05) is 11.8 Å². The molecular formula is C24H27NO4S. The lowest BCUT2D eigenvalue weighted by Crippen LogP contribution is -2.33. The quantitative estimate of drug-likeness (QED) is 0.704. The van der Waals surface area contributed by atoms with E-state index in [4.69, 9.17) is 10.2 Å². The van der Waals surface area contributed by atoms with Gasteiger partial charge in [0.05, 0.1) is 0 Å². The summed E-state index contributed by atoms with van der Waals surface area (Å²) in [6, 6.07) is 18.1. The van der Waals surface area contributed by atoms with Gasteiger partial charge in [-0.3, -0.25) is 0 Å². The van der Waals surface area contributed by atoms with Crippen LogP contribution in [0.5, 0.6) is 0 Å². The van der Waals surface area contributed by atoms with Gasteiger partial charge in [0.2, 0.25) is 0 Å². The molecule has 2 aliphatic heterocycles. The summed E-state index contributed by atoms with van der Waals surface area (Å²) in [5.74, 6) is -1.01. The molecule has 1 unspecified atom stereocenters. The highest BCUT2D eigenvalue weighted by Gasteiger charge is 2.30. The number of benzene rings is 2. The first-order chi connectivity index (χ1) is 14.4. The Hall–Kier alpha value is -2.57. The molecule has 5 nitrogen and oxygen atoms in total.